The van der Waals surface area contributed by atoms with Gasteiger partial charge in [0.1, 0.15) is 0 Å². The van der Waals surface area contributed by atoms with Crippen molar-refractivity contribution >= 4 is 11.4 Å². The zero-order valence-corrected chi connectivity index (χ0v) is 16.9. The smallest absolute Gasteiger partial charge is 0.163 e. The van der Waals surface area contributed by atoms with Crippen LogP contribution in [0.15, 0.2) is 70.7 Å². The number of hydrogen-bond donors (Lipinski definition) is 0. The molecule has 2 aromatic rings. The summed E-state index contributed by atoms with van der Waals surface area (Å²) in [6, 6.07) is 17.0. The molecule has 0 unspecified atom stereocenters. The summed E-state index contributed by atoms with van der Waals surface area (Å²) in [5.74, 6) is 0.860. The van der Waals surface area contributed by atoms with Gasteiger partial charge in [0, 0.05) is 32.9 Å². The largest absolute Gasteiger partial charge is 0.372 e. The van der Waals surface area contributed by atoms with Crippen molar-refractivity contribution in [2.75, 3.05) is 32.1 Å². The van der Waals surface area contributed by atoms with Crippen LogP contribution in [0.25, 0.3) is 0 Å². The molecule has 2 aromatic carbocycles. The Labute approximate surface area is 162 Å². The first kappa shape index (κ1) is 19.1. The molecule has 5 nitrogen and oxygen atoms in total. The van der Waals surface area contributed by atoms with Crippen LogP contribution < -0.4 is 4.90 Å². The van der Waals surface area contributed by atoms with Gasteiger partial charge >= 0.3 is 0 Å². The Morgan fingerprint density at radius 1 is 0.963 bits per heavy atom. The lowest BCUT2D eigenvalue weighted by atomic mass is 10.1. The Balaban J connectivity index is 1.81. The highest BCUT2D eigenvalue weighted by atomic mass is 15.7. The number of aryl methyl sites for hydroxylation is 1. The predicted molar refractivity (Wildman–Crippen MR) is 112 cm³/mol. The maximum atomic E-state index is 4.53. The number of likely N-dealkylation sites (N-methyl/N-ethyl adjacent to an activating group) is 1. The Bertz CT molecular complexity index is 824. The van der Waals surface area contributed by atoms with Crippen molar-refractivity contribution in [2.24, 2.45) is 10.2 Å². The number of anilines is 1. The van der Waals surface area contributed by atoms with Gasteiger partial charge in [-0.25, -0.2) is 5.01 Å². The van der Waals surface area contributed by atoms with Gasteiger partial charge < -0.3 is 4.90 Å². The van der Waals surface area contributed by atoms with Gasteiger partial charge in [-0.05, 0) is 56.2 Å². The normalized spacial score (nSPS) is 17.6. The highest BCUT2D eigenvalue weighted by Crippen LogP contribution is 2.33. The average molecular weight is 364 g/mol. The Morgan fingerprint density at radius 3 is 2.30 bits per heavy atom. The number of rotatable bonds is 6. The van der Waals surface area contributed by atoms with E-state index >= 15 is 0 Å². The topological polar surface area (TPSA) is 34.4 Å². The van der Waals surface area contributed by atoms with Crippen LogP contribution in [0.5, 0.6) is 0 Å². The van der Waals surface area contributed by atoms with E-state index in [-0.39, 0.29) is 6.04 Å². The molecule has 5 heteroatoms. The first-order valence-electron chi connectivity index (χ1n) is 9.55. The van der Waals surface area contributed by atoms with E-state index in [0.29, 0.717) is 0 Å². The second-order valence-corrected chi connectivity index (χ2v) is 6.82. The Hall–Kier alpha value is -2.66. The molecule has 0 aromatic heterocycles. The second kappa shape index (κ2) is 8.35. The van der Waals surface area contributed by atoms with Crippen molar-refractivity contribution in [1.29, 1.82) is 0 Å². The SMILES string of the molecule is CCN(CC)c1ccc(N=NC2=C[C@H](c3ccccc3)N(C)N2C)c(C)c1. The van der Waals surface area contributed by atoms with Gasteiger partial charge in [0.05, 0.1) is 11.7 Å². The zero-order valence-electron chi connectivity index (χ0n) is 16.9. The average Bonchev–Trinajstić information content (AvgIpc) is 2.97. The van der Waals surface area contributed by atoms with Crippen LogP contribution >= 0.6 is 0 Å². The quantitative estimate of drug-likeness (QED) is 0.653. The van der Waals surface area contributed by atoms with E-state index in [2.05, 4.69) is 96.5 Å². The molecule has 0 saturated heterocycles. The zero-order chi connectivity index (χ0) is 19.4. The van der Waals surface area contributed by atoms with Gasteiger partial charge in [-0.2, -0.15) is 0 Å². The minimum Gasteiger partial charge on any atom is -0.372 e. The first-order valence-corrected chi connectivity index (χ1v) is 9.55. The number of hydrazine groups is 1. The van der Waals surface area contributed by atoms with Gasteiger partial charge in [0.25, 0.3) is 0 Å². The van der Waals surface area contributed by atoms with E-state index in [1.165, 1.54) is 11.3 Å². The lowest BCUT2D eigenvalue weighted by Crippen LogP contribution is -2.31. The maximum absolute atomic E-state index is 4.53. The molecule has 0 fully saturated rings. The summed E-state index contributed by atoms with van der Waals surface area (Å²) in [5, 5.41) is 13.3. The summed E-state index contributed by atoms with van der Waals surface area (Å²) in [5.41, 5.74) is 4.53. The van der Waals surface area contributed by atoms with E-state index in [1.54, 1.807) is 0 Å². The number of azo groups is 1. The minimum atomic E-state index is 0.177. The molecule has 0 N–H and O–H groups in total. The lowest BCUT2D eigenvalue weighted by molar-refractivity contribution is 0.0605. The molecule has 0 radical (unpaired) electrons. The third-order valence-corrected chi connectivity index (χ3v) is 5.22. The second-order valence-electron chi connectivity index (χ2n) is 6.82. The van der Waals surface area contributed by atoms with Gasteiger partial charge in [-0.1, -0.05) is 30.3 Å². The molecule has 1 aliphatic heterocycles. The highest BCUT2D eigenvalue weighted by Gasteiger charge is 2.27. The highest BCUT2D eigenvalue weighted by molar-refractivity contribution is 5.57. The van der Waals surface area contributed by atoms with Crippen LogP contribution in [0.4, 0.5) is 11.4 Å². The number of benzene rings is 2. The Kier molecular flexibility index (Phi) is 5.91. The summed E-state index contributed by atoms with van der Waals surface area (Å²) in [6.45, 7) is 8.44. The van der Waals surface area contributed by atoms with Crippen LogP contribution in [-0.4, -0.2) is 37.2 Å². The van der Waals surface area contributed by atoms with E-state index in [0.717, 1.165) is 30.2 Å². The molecule has 1 aliphatic rings. The van der Waals surface area contributed by atoms with E-state index in [4.69, 9.17) is 0 Å². The van der Waals surface area contributed by atoms with Crippen LogP contribution in [0.2, 0.25) is 0 Å². The van der Waals surface area contributed by atoms with Crippen molar-refractivity contribution in [3.63, 3.8) is 0 Å². The number of hydrogen-bond acceptors (Lipinski definition) is 5. The van der Waals surface area contributed by atoms with E-state index in [1.807, 2.05) is 18.1 Å². The van der Waals surface area contributed by atoms with Crippen molar-refractivity contribution in [1.82, 2.24) is 10.0 Å². The molecule has 0 amide bonds. The van der Waals surface area contributed by atoms with Crippen molar-refractivity contribution < 1.29 is 0 Å². The number of nitrogens with zero attached hydrogens (tertiary/aromatic N) is 5. The van der Waals surface area contributed by atoms with Crippen molar-refractivity contribution in [3.8, 4) is 0 Å². The molecule has 27 heavy (non-hydrogen) atoms. The molecular weight excluding hydrogens is 334 g/mol. The predicted octanol–water partition coefficient (Wildman–Crippen LogP) is 5.30. The van der Waals surface area contributed by atoms with Crippen LogP contribution in [0.3, 0.4) is 0 Å². The van der Waals surface area contributed by atoms with Crippen molar-refractivity contribution in [3.05, 3.63) is 71.6 Å². The summed E-state index contributed by atoms with van der Waals surface area (Å²) in [4.78, 5) is 2.33. The van der Waals surface area contributed by atoms with E-state index < -0.39 is 0 Å². The van der Waals surface area contributed by atoms with Crippen molar-refractivity contribution in [2.45, 2.75) is 26.8 Å². The van der Waals surface area contributed by atoms with E-state index in [9.17, 15) is 0 Å². The maximum Gasteiger partial charge on any atom is 0.163 e. The minimum absolute atomic E-state index is 0.177. The Morgan fingerprint density at radius 2 is 1.67 bits per heavy atom. The van der Waals surface area contributed by atoms with Gasteiger partial charge in [0.2, 0.25) is 0 Å². The third kappa shape index (κ3) is 4.03. The first-order chi connectivity index (χ1) is 13.0. The van der Waals surface area contributed by atoms with Crippen LogP contribution in [-0.2, 0) is 0 Å². The standard InChI is InChI=1S/C22H29N5/c1-6-27(7-2)19-13-14-20(17(3)15-19)23-24-22-16-21(25(4)26(22)5)18-11-9-8-10-12-18/h8-16,21H,6-7H2,1-5H3/t21-/m1/s1. The van der Waals surface area contributed by atoms with Gasteiger partial charge in [-0.15, -0.1) is 10.2 Å². The fourth-order valence-corrected chi connectivity index (χ4v) is 3.41. The fourth-order valence-electron chi connectivity index (χ4n) is 3.41. The third-order valence-electron chi connectivity index (χ3n) is 5.22. The summed E-state index contributed by atoms with van der Waals surface area (Å²) < 4.78 is 0. The van der Waals surface area contributed by atoms with Gasteiger partial charge in [0.15, 0.2) is 5.82 Å². The van der Waals surface area contributed by atoms with Crippen LogP contribution in [0.1, 0.15) is 31.0 Å². The summed E-state index contributed by atoms with van der Waals surface area (Å²) in [6.07, 6.45) is 2.15. The van der Waals surface area contributed by atoms with Crippen LogP contribution in [0, 0.1) is 6.92 Å². The molecule has 1 heterocycles. The molecule has 0 spiro atoms. The monoisotopic (exact) mass is 363 g/mol. The summed E-state index contributed by atoms with van der Waals surface area (Å²) in [7, 11) is 4.09. The lowest BCUT2D eigenvalue weighted by Gasteiger charge is -2.27. The molecule has 0 saturated carbocycles. The summed E-state index contributed by atoms with van der Waals surface area (Å²) >= 11 is 0. The molecule has 142 valence electrons. The van der Waals surface area contributed by atoms with Gasteiger partial charge in [-0.3, -0.25) is 5.01 Å². The molecule has 1 atom stereocenters. The molecule has 0 aliphatic carbocycles. The molecule has 0 bridgehead atoms. The molecule has 3 rings (SSSR count). The molecular formula is C22H29N5. The fraction of sp³-hybridized carbons (Fsp3) is 0.364.